The van der Waals surface area contributed by atoms with Gasteiger partial charge in [-0.25, -0.2) is 0 Å². The number of rotatable bonds is 4. The van der Waals surface area contributed by atoms with Crippen molar-refractivity contribution in [2.24, 2.45) is 0 Å². The number of aryl methyl sites for hydroxylation is 1. The maximum atomic E-state index is 8.79. The Kier molecular flexibility index (Phi) is 4.27. The van der Waals surface area contributed by atoms with Gasteiger partial charge in [-0.15, -0.1) is 0 Å². The van der Waals surface area contributed by atoms with Gasteiger partial charge in [0.05, 0.1) is 26.7 Å². The monoisotopic (exact) mass is 267 g/mol. The molecule has 0 atom stereocenters. The molecule has 3 nitrogen and oxygen atoms in total. The van der Waals surface area contributed by atoms with Gasteiger partial charge in [0.25, 0.3) is 0 Å². The van der Waals surface area contributed by atoms with Gasteiger partial charge in [-0.05, 0) is 35.7 Å². The van der Waals surface area contributed by atoms with E-state index in [1.54, 1.807) is 14.2 Å². The van der Waals surface area contributed by atoms with Gasteiger partial charge in [0.1, 0.15) is 11.5 Å². The average Bonchev–Trinajstić information content (AvgIpc) is 2.48. The normalized spacial score (nSPS) is 9.90. The van der Waals surface area contributed by atoms with Crippen molar-refractivity contribution in [3.63, 3.8) is 0 Å². The summed E-state index contributed by atoms with van der Waals surface area (Å²) in [7, 11) is 3.28. The number of hydrogen-bond donors (Lipinski definition) is 0. The van der Waals surface area contributed by atoms with Crippen LogP contribution in [0.1, 0.15) is 11.1 Å². The number of nitriles is 1. The molecule has 0 radical (unpaired) electrons. The summed E-state index contributed by atoms with van der Waals surface area (Å²) in [4.78, 5) is 0. The number of methoxy groups -OCH3 is 2. The van der Waals surface area contributed by atoms with Gasteiger partial charge in [-0.1, -0.05) is 18.2 Å². The number of benzene rings is 2. The average molecular weight is 267 g/mol. The maximum absolute atomic E-state index is 8.79. The molecule has 3 heteroatoms. The first-order chi connectivity index (χ1) is 9.69. The SMILES string of the molecule is COc1ccc(-c2ccc(CC#N)c(C)c2)c(OC)c1. The van der Waals surface area contributed by atoms with E-state index in [2.05, 4.69) is 12.1 Å². The van der Waals surface area contributed by atoms with Crippen LogP contribution in [-0.2, 0) is 6.42 Å². The van der Waals surface area contributed by atoms with Gasteiger partial charge < -0.3 is 9.47 Å². The van der Waals surface area contributed by atoms with Crippen molar-refractivity contribution in [3.05, 3.63) is 47.5 Å². The quantitative estimate of drug-likeness (QED) is 0.847. The largest absolute Gasteiger partial charge is 0.497 e. The van der Waals surface area contributed by atoms with E-state index in [9.17, 15) is 0 Å². The highest BCUT2D eigenvalue weighted by molar-refractivity contribution is 5.72. The van der Waals surface area contributed by atoms with Crippen LogP contribution in [0.5, 0.6) is 11.5 Å². The molecule has 0 aromatic heterocycles. The fourth-order valence-electron chi connectivity index (χ4n) is 2.18. The minimum Gasteiger partial charge on any atom is -0.497 e. The lowest BCUT2D eigenvalue weighted by Gasteiger charge is -2.12. The molecule has 0 saturated heterocycles. The highest BCUT2D eigenvalue weighted by Gasteiger charge is 2.09. The Balaban J connectivity index is 2.46. The molecular formula is C17H17NO2. The zero-order chi connectivity index (χ0) is 14.5. The van der Waals surface area contributed by atoms with Crippen LogP contribution in [0.4, 0.5) is 0 Å². The second kappa shape index (κ2) is 6.12. The summed E-state index contributed by atoms with van der Waals surface area (Å²) in [5, 5.41) is 8.79. The molecule has 2 aromatic rings. The summed E-state index contributed by atoms with van der Waals surface area (Å²) < 4.78 is 10.6. The minimum atomic E-state index is 0.436. The zero-order valence-corrected chi connectivity index (χ0v) is 11.9. The molecule has 0 aliphatic rings. The second-order valence-electron chi connectivity index (χ2n) is 4.54. The first kappa shape index (κ1) is 14.0. The summed E-state index contributed by atoms with van der Waals surface area (Å²) in [6.45, 7) is 2.02. The van der Waals surface area contributed by atoms with Crippen molar-refractivity contribution in [2.45, 2.75) is 13.3 Å². The van der Waals surface area contributed by atoms with Crippen molar-refractivity contribution in [3.8, 4) is 28.7 Å². The van der Waals surface area contributed by atoms with Crippen LogP contribution in [0.3, 0.4) is 0 Å². The van der Waals surface area contributed by atoms with E-state index < -0.39 is 0 Å². The van der Waals surface area contributed by atoms with Gasteiger partial charge in [-0.2, -0.15) is 5.26 Å². The third-order valence-corrected chi connectivity index (χ3v) is 3.33. The molecule has 0 aliphatic carbocycles. The van der Waals surface area contributed by atoms with Gasteiger partial charge in [-0.3, -0.25) is 0 Å². The summed E-state index contributed by atoms with van der Waals surface area (Å²) >= 11 is 0. The third-order valence-electron chi connectivity index (χ3n) is 3.33. The molecule has 0 spiro atoms. The lowest BCUT2D eigenvalue weighted by Crippen LogP contribution is -1.92. The Hall–Kier alpha value is -2.47. The van der Waals surface area contributed by atoms with Crippen molar-refractivity contribution >= 4 is 0 Å². The van der Waals surface area contributed by atoms with E-state index in [0.29, 0.717) is 6.42 Å². The molecule has 2 rings (SSSR count). The van der Waals surface area contributed by atoms with Crippen LogP contribution >= 0.6 is 0 Å². The van der Waals surface area contributed by atoms with E-state index in [0.717, 1.165) is 33.8 Å². The molecule has 0 heterocycles. The van der Waals surface area contributed by atoms with Crippen LogP contribution in [0.25, 0.3) is 11.1 Å². The molecule has 0 N–H and O–H groups in total. The van der Waals surface area contributed by atoms with Gasteiger partial charge in [0.15, 0.2) is 0 Å². The first-order valence-electron chi connectivity index (χ1n) is 6.38. The van der Waals surface area contributed by atoms with E-state index in [1.165, 1.54) is 0 Å². The topological polar surface area (TPSA) is 42.2 Å². The molecule has 0 fully saturated rings. The van der Waals surface area contributed by atoms with Crippen molar-refractivity contribution < 1.29 is 9.47 Å². The molecule has 0 bridgehead atoms. The van der Waals surface area contributed by atoms with E-state index in [-0.39, 0.29) is 0 Å². The molecule has 20 heavy (non-hydrogen) atoms. The van der Waals surface area contributed by atoms with Crippen LogP contribution in [0.2, 0.25) is 0 Å². The summed E-state index contributed by atoms with van der Waals surface area (Å²) in [6.07, 6.45) is 0.436. The van der Waals surface area contributed by atoms with Crippen molar-refractivity contribution in [1.82, 2.24) is 0 Å². The van der Waals surface area contributed by atoms with Gasteiger partial charge in [0.2, 0.25) is 0 Å². The second-order valence-corrected chi connectivity index (χ2v) is 4.54. The predicted molar refractivity (Wildman–Crippen MR) is 79.0 cm³/mol. The van der Waals surface area contributed by atoms with Gasteiger partial charge in [0, 0.05) is 11.6 Å². The lowest BCUT2D eigenvalue weighted by molar-refractivity contribution is 0.395. The summed E-state index contributed by atoms with van der Waals surface area (Å²) in [5.74, 6) is 1.54. The standard InChI is InChI=1S/C17H17NO2/c1-12-10-14(5-4-13(12)8-9-18)16-7-6-15(19-2)11-17(16)20-3/h4-7,10-11H,8H2,1-3H3. The fraction of sp³-hybridized carbons (Fsp3) is 0.235. The first-order valence-corrected chi connectivity index (χ1v) is 6.38. The van der Waals surface area contributed by atoms with Crippen LogP contribution in [0, 0.1) is 18.3 Å². The smallest absolute Gasteiger partial charge is 0.130 e. The third kappa shape index (κ3) is 2.75. The van der Waals surface area contributed by atoms with E-state index >= 15 is 0 Å². The Morgan fingerprint density at radius 2 is 1.85 bits per heavy atom. The minimum absolute atomic E-state index is 0.436. The summed E-state index contributed by atoms with van der Waals surface area (Å²) in [6, 6.07) is 14.0. The van der Waals surface area contributed by atoms with E-state index in [4.69, 9.17) is 14.7 Å². The Bertz CT molecular complexity index is 657. The van der Waals surface area contributed by atoms with Crippen LogP contribution in [0.15, 0.2) is 36.4 Å². The molecule has 0 saturated carbocycles. The Morgan fingerprint density at radius 1 is 1.05 bits per heavy atom. The van der Waals surface area contributed by atoms with Crippen LogP contribution in [-0.4, -0.2) is 14.2 Å². The number of hydrogen-bond acceptors (Lipinski definition) is 3. The van der Waals surface area contributed by atoms with E-state index in [1.807, 2.05) is 37.3 Å². The fourth-order valence-corrected chi connectivity index (χ4v) is 2.18. The molecule has 102 valence electrons. The lowest BCUT2D eigenvalue weighted by atomic mass is 9.98. The molecule has 0 aliphatic heterocycles. The predicted octanol–water partition coefficient (Wildman–Crippen LogP) is 3.75. The van der Waals surface area contributed by atoms with Crippen molar-refractivity contribution in [1.29, 1.82) is 5.26 Å². The maximum Gasteiger partial charge on any atom is 0.130 e. The highest BCUT2D eigenvalue weighted by Crippen LogP contribution is 2.34. The zero-order valence-electron chi connectivity index (χ0n) is 11.9. The number of ether oxygens (including phenoxy) is 2. The number of nitrogens with zero attached hydrogens (tertiary/aromatic N) is 1. The molecule has 0 unspecified atom stereocenters. The molecular weight excluding hydrogens is 250 g/mol. The highest BCUT2D eigenvalue weighted by atomic mass is 16.5. The van der Waals surface area contributed by atoms with Gasteiger partial charge >= 0.3 is 0 Å². The Morgan fingerprint density at radius 3 is 2.45 bits per heavy atom. The molecule has 2 aromatic carbocycles. The van der Waals surface area contributed by atoms with Crippen molar-refractivity contribution in [2.75, 3.05) is 14.2 Å². The Labute approximate surface area is 119 Å². The molecule has 0 amide bonds. The summed E-state index contributed by atoms with van der Waals surface area (Å²) in [5.41, 5.74) is 4.26. The van der Waals surface area contributed by atoms with Crippen LogP contribution < -0.4 is 9.47 Å².